The Morgan fingerprint density at radius 3 is 2.76 bits per heavy atom. The van der Waals surface area contributed by atoms with Gasteiger partial charge in [0.25, 0.3) is 0 Å². The summed E-state index contributed by atoms with van der Waals surface area (Å²) >= 11 is 1.66. The SMILES string of the molecule is CCN1/C(=C/C(=O)Cc2ccncc2)Sc2ccccc21. The number of hydrogen-bond donors (Lipinski definition) is 0. The molecule has 0 aliphatic carbocycles. The van der Waals surface area contributed by atoms with Gasteiger partial charge in [0.2, 0.25) is 0 Å². The van der Waals surface area contributed by atoms with Crippen LogP contribution in [0, 0.1) is 0 Å². The molecule has 0 spiro atoms. The second-order valence-electron chi connectivity index (χ2n) is 4.80. The zero-order valence-electron chi connectivity index (χ0n) is 11.8. The number of hydrogen-bond acceptors (Lipinski definition) is 4. The van der Waals surface area contributed by atoms with Gasteiger partial charge in [-0.05, 0) is 36.8 Å². The van der Waals surface area contributed by atoms with Crippen LogP contribution in [0.5, 0.6) is 0 Å². The number of benzene rings is 1. The molecule has 0 radical (unpaired) electrons. The fourth-order valence-corrected chi connectivity index (χ4v) is 3.56. The molecule has 4 heteroatoms. The highest BCUT2D eigenvalue weighted by molar-refractivity contribution is 8.03. The van der Waals surface area contributed by atoms with Crippen LogP contribution in [0.3, 0.4) is 0 Å². The number of pyridine rings is 1. The summed E-state index contributed by atoms with van der Waals surface area (Å²) in [5.74, 6) is 0.120. The van der Waals surface area contributed by atoms with Crippen LogP contribution in [0.1, 0.15) is 12.5 Å². The van der Waals surface area contributed by atoms with Crippen LogP contribution in [-0.2, 0) is 11.2 Å². The normalized spacial score (nSPS) is 15.3. The predicted molar refractivity (Wildman–Crippen MR) is 86.4 cm³/mol. The molecule has 2 heterocycles. The number of anilines is 1. The molecule has 1 aromatic carbocycles. The summed E-state index contributed by atoms with van der Waals surface area (Å²) in [5, 5.41) is 1.01. The Labute approximate surface area is 128 Å². The minimum Gasteiger partial charge on any atom is -0.335 e. The van der Waals surface area contributed by atoms with Gasteiger partial charge in [-0.1, -0.05) is 23.9 Å². The largest absolute Gasteiger partial charge is 0.335 e. The third-order valence-electron chi connectivity index (χ3n) is 3.37. The fourth-order valence-electron chi connectivity index (χ4n) is 2.38. The maximum Gasteiger partial charge on any atom is 0.162 e. The lowest BCUT2D eigenvalue weighted by Crippen LogP contribution is -2.17. The molecule has 3 rings (SSSR count). The van der Waals surface area contributed by atoms with Crippen molar-refractivity contribution in [2.45, 2.75) is 18.2 Å². The molecule has 1 aliphatic rings. The van der Waals surface area contributed by atoms with Crippen molar-refractivity contribution < 1.29 is 4.79 Å². The van der Waals surface area contributed by atoms with E-state index in [1.807, 2.05) is 24.3 Å². The summed E-state index contributed by atoms with van der Waals surface area (Å²) in [5.41, 5.74) is 2.18. The monoisotopic (exact) mass is 296 g/mol. The minimum atomic E-state index is 0.120. The van der Waals surface area contributed by atoms with E-state index < -0.39 is 0 Å². The Bertz CT molecular complexity index is 682. The first-order valence-corrected chi connectivity index (χ1v) is 7.77. The van der Waals surface area contributed by atoms with Crippen LogP contribution in [-0.4, -0.2) is 17.3 Å². The minimum absolute atomic E-state index is 0.120. The number of carbonyl (C=O) groups is 1. The summed E-state index contributed by atoms with van der Waals surface area (Å²) in [7, 11) is 0. The zero-order chi connectivity index (χ0) is 14.7. The lowest BCUT2D eigenvalue weighted by molar-refractivity contribution is -0.114. The van der Waals surface area contributed by atoms with Crippen LogP contribution in [0.15, 0.2) is 64.8 Å². The number of fused-ring (bicyclic) bond motifs is 1. The number of aromatic nitrogens is 1. The summed E-state index contributed by atoms with van der Waals surface area (Å²) in [6, 6.07) is 12.0. The molecule has 0 bridgehead atoms. The van der Waals surface area contributed by atoms with E-state index in [0.717, 1.165) is 17.1 Å². The van der Waals surface area contributed by atoms with Crippen molar-refractivity contribution in [1.82, 2.24) is 4.98 Å². The van der Waals surface area contributed by atoms with Gasteiger partial charge in [0.05, 0.1) is 10.7 Å². The van der Waals surface area contributed by atoms with Gasteiger partial charge in [0.15, 0.2) is 5.78 Å². The highest BCUT2D eigenvalue weighted by Crippen LogP contribution is 2.45. The van der Waals surface area contributed by atoms with Gasteiger partial charge in [0, 0.05) is 36.3 Å². The molecule has 21 heavy (non-hydrogen) atoms. The summed E-state index contributed by atoms with van der Waals surface area (Å²) in [6.07, 6.45) is 5.61. The second kappa shape index (κ2) is 6.14. The van der Waals surface area contributed by atoms with E-state index in [0.29, 0.717) is 6.42 Å². The molecule has 3 nitrogen and oxygen atoms in total. The molecule has 0 unspecified atom stereocenters. The number of allylic oxidation sites excluding steroid dienone is 1. The highest BCUT2D eigenvalue weighted by atomic mass is 32.2. The number of para-hydroxylation sites is 1. The standard InChI is InChI=1S/C17H16N2OS/c1-2-19-15-5-3-4-6-16(15)21-17(19)12-14(20)11-13-7-9-18-10-8-13/h3-10,12H,2,11H2,1H3/b17-12-. The molecule has 1 aromatic heterocycles. The van der Waals surface area contributed by atoms with Gasteiger partial charge >= 0.3 is 0 Å². The average Bonchev–Trinajstić information content (AvgIpc) is 2.85. The zero-order valence-corrected chi connectivity index (χ0v) is 12.6. The molecule has 0 amide bonds. The van der Waals surface area contributed by atoms with Gasteiger partial charge < -0.3 is 4.90 Å². The summed E-state index contributed by atoms with van der Waals surface area (Å²) in [6.45, 7) is 2.96. The molecule has 0 atom stereocenters. The average molecular weight is 296 g/mol. The number of carbonyl (C=O) groups excluding carboxylic acids is 1. The molecular formula is C17H16N2OS. The van der Waals surface area contributed by atoms with Gasteiger partial charge in [0.1, 0.15) is 0 Å². The second-order valence-corrected chi connectivity index (χ2v) is 5.86. The quantitative estimate of drug-likeness (QED) is 0.806. The first-order chi connectivity index (χ1) is 10.3. The van der Waals surface area contributed by atoms with Crippen LogP contribution < -0.4 is 4.90 Å². The van der Waals surface area contributed by atoms with Gasteiger partial charge in [-0.15, -0.1) is 0 Å². The van der Waals surface area contributed by atoms with E-state index in [2.05, 4.69) is 28.9 Å². The molecule has 106 valence electrons. The van der Waals surface area contributed by atoms with Crippen molar-refractivity contribution in [3.05, 3.63) is 65.5 Å². The molecular weight excluding hydrogens is 280 g/mol. The van der Waals surface area contributed by atoms with Crippen molar-refractivity contribution in [3.63, 3.8) is 0 Å². The van der Waals surface area contributed by atoms with Crippen LogP contribution >= 0.6 is 11.8 Å². The van der Waals surface area contributed by atoms with Crippen molar-refractivity contribution >= 4 is 23.2 Å². The van der Waals surface area contributed by atoms with E-state index in [4.69, 9.17) is 0 Å². The predicted octanol–water partition coefficient (Wildman–Crippen LogP) is 3.67. The van der Waals surface area contributed by atoms with E-state index in [1.165, 1.54) is 10.6 Å². The molecule has 0 saturated carbocycles. The molecule has 0 fully saturated rings. The van der Waals surface area contributed by atoms with E-state index in [1.54, 1.807) is 30.2 Å². The first-order valence-electron chi connectivity index (χ1n) is 6.96. The van der Waals surface area contributed by atoms with Crippen molar-refractivity contribution in [2.24, 2.45) is 0 Å². The third-order valence-corrected chi connectivity index (χ3v) is 4.48. The summed E-state index contributed by atoms with van der Waals surface area (Å²) < 4.78 is 0. The molecule has 1 aliphatic heterocycles. The Kier molecular flexibility index (Phi) is 4.06. The fraction of sp³-hybridized carbons (Fsp3) is 0.176. The van der Waals surface area contributed by atoms with E-state index in [9.17, 15) is 4.79 Å². The number of thioether (sulfide) groups is 1. The van der Waals surface area contributed by atoms with E-state index in [-0.39, 0.29) is 5.78 Å². The van der Waals surface area contributed by atoms with Crippen molar-refractivity contribution in [2.75, 3.05) is 11.4 Å². The third kappa shape index (κ3) is 3.00. The number of ketones is 1. The van der Waals surface area contributed by atoms with Gasteiger partial charge in [-0.3, -0.25) is 9.78 Å². The van der Waals surface area contributed by atoms with Crippen LogP contribution in [0.4, 0.5) is 5.69 Å². The Morgan fingerprint density at radius 1 is 1.24 bits per heavy atom. The van der Waals surface area contributed by atoms with Gasteiger partial charge in [-0.2, -0.15) is 0 Å². The molecule has 2 aromatic rings. The van der Waals surface area contributed by atoms with Crippen LogP contribution in [0.2, 0.25) is 0 Å². The van der Waals surface area contributed by atoms with Crippen LogP contribution in [0.25, 0.3) is 0 Å². The van der Waals surface area contributed by atoms with Gasteiger partial charge in [-0.25, -0.2) is 0 Å². The Hall–Kier alpha value is -2.07. The Balaban J connectivity index is 1.79. The van der Waals surface area contributed by atoms with E-state index >= 15 is 0 Å². The maximum absolute atomic E-state index is 12.2. The molecule has 0 saturated heterocycles. The highest BCUT2D eigenvalue weighted by Gasteiger charge is 2.23. The van der Waals surface area contributed by atoms with Crippen molar-refractivity contribution in [1.29, 1.82) is 0 Å². The summed E-state index contributed by atoms with van der Waals surface area (Å²) in [4.78, 5) is 19.6. The smallest absolute Gasteiger partial charge is 0.162 e. The molecule has 0 N–H and O–H groups in total. The maximum atomic E-state index is 12.2. The van der Waals surface area contributed by atoms with Crippen molar-refractivity contribution in [3.8, 4) is 0 Å². The lowest BCUT2D eigenvalue weighted by Gasteiger charge is -2.17. The Morgan fingerprint density at radius 2 is 2.00 bits per heavy atom. The first kappa shape index (κ1) is 13.9. The topological polar surface area (TPSA) is 33.2 Å². The number of nitrogens with zero attached hydrogens (tertiary/aromatic N) is 2. The lowest BCUT2D eigenvalue weighted by atomic mass is 10.1. The number of rotatable bonds is 4.